The second kappa shape index (κ2) is 13.6. The van der Waals surface area contributed by atoms with E-state index in [9.17, 15) is 18.0 Å². The van der Waals surface area contributed by atoms with Crippen molar-refractivity contribution >= 4 is 43.5 Å². The lowest BCUT2D eigenvalue weighted by Crippen LogP contribution is -2.49. The number of halogens is 1. The van der Waals surface area contributed by atoms with Crippen LogP contribution in [0, 0.1) is 6.92 Å². The lowest BCUT2D eigenvalue weighted by molar-refractivity contribution is -0.141. The average Bonchev–Trinajstić information content (AvgIpc) is 2.88. The van der Waals surface area contributed by atoms with Gasteiger partial charge >= 0.3 is 0 Å². The minimum Gasteiger partial charge on any atom is -0.357 e. The lowest BCUT2D eigenvalue weighted by atomic mass is 10.0. The third-order valence-corrected chi connectivity index (χ3v) is 7.92. The predicted octanol–water partition coefficient (Wildman–Crippen LogP) is 4.69. The first-order chi connectivity index (χ1) is 18.1. The molecule has 2 amide bonds. The summed E-state index contributed by atoms with van der Waals surface area (Å²) in [7, 11) is -1.97. The van der Waals surface area contributed by atoms with Crippen molar-refractivity contribution in [1.29, 1.82) is 0 Å². The lowest BCUT2D eigenvalue weighted by Gasteiger charge is -2.31. The van der Waals surface area contributed by atoms with Gasteiger partial charge in [0.15, 0.2) is 0 Å². The number of hydrogen-bond donors (Lipinski definition) is 1. The predicted molar refractivity (Wildman–Crippen MR) is 155 cm³/mol. The number of aryl methyl sites for hydroxylation is 1. The van der Waals surface area contributed by atoms with Gasteiger partial charge in [0.25, 0.3) is 0 Å². The Balaban J connectivity index is 1.84. The number of carbonyl (C=O) groups is 2. The molecule has 0 aliphatic rings. The fourth-order valence-corrected chi connectivity index (χ4v) is 5.68. The van der Waals surface area contributed by atoms with Crippen molar-refractivity contribution in [3.05, 3.63) is 100 Å². The van der Waals surface area contributed by atoms with Gasteiger partial charge in [-0.15, -0.1) is 0 Å². The molecule has 38 heavy (non-hydrogen) atoms. The minimum absolute atomic E-state index is 0.0914. The topological polar surface area (TPSA) is 86.8 Å². The van der Waals surface area contributed by atoms with Crippen LogP contribution in [0.1, 0.15) is 29.5 Å². The summed E-state index contributed by atoms with van der Waals surface area (Å²) in [6, 6.07) is 23.7. The number of sulfonamides is 1. The molecular weight excluding hydrogens is 566 g/mol. The first-order valence-electron chi connectivity index (χ1n) is 12.4. The van der Waals surface area contributed by atoms with E-state index in [4.69, 9.17) is 0 Å². The SMILES string of the molecule is CNC(=O)[C@@H](Cc1ccccc1)N(Cc1cccc(Br)c1)C(=O)CCCN(c1ccc(C)cc1)S(C)(=O)=O. The molecule has 0 aromatic heterocycles. The third kappa shape index (κ3) is 8.43. The molecule has 0 unspecified atom stereocenters. The number of carbonyl (C=O) groups excluding carboxylic acids is 2. The molecule has 9 heteroatoms. The van der Waals surface area contributed by atoms with Crippen molar-refractivity contribution in [2.75, 3.05) is 24.2 Å². The van der Waals surface area contributed by atoms with E-state index in [-0.39, 0.29) is 31.3 Å². The Bertz CT molecular complexity index is 1330. The summed E-state index contributed by atoms with van der Waals surface area (Å²) in [5, 5.41) is 2.71. The van der Waals surface area contributed by atoms with Crippen LogP contribution in [0.15, 0.2) is 83.3 Å². The first kappa shape index (κ1) is 29.4. The number of rotatable bonds is 12. The van der Waals surface area contributed by atoms with Crippen molar-refractivity contribution in [3.63, 3.8) is 0 Å². The highest BCUT2D eigenvalue weighted by atomic mass is 79.9. The Labute approximate surface area is 234 Å². The molecule has 0 saturated carbocycles. The maximum Gasteiger partial charge on any atom is 0.242 e. The number of hydrogen-bond acceptors (Lipinski definition) is 4. The molecule has 0 spiro atoms. The van der Waals surface area contributed by atoms with Crippen LogP contribution in [0.4, 0.5) is 5.69 Å². The van der Waals surface area contributed by atoms with Crippen molar-refractivity contribution < 1.29 is 18.0 Å². The van der Waals surface area contributed by atoms with Gasteiger partial charge < -0.3 is 10.2 Å². The molecule has 202 valence electrons. The molecule has 1 N–H and O–H groups in total. The van der Waals surface area contributed by atoms with Crippen molar-refractivity contribution in [3.8, 4) is 0 Å². The zero-order chi connectivity index (χ0) is 27.7. The number of amides is 2. The van der Waals surface area contributed by atoms with Crippen LogP contribution in [0.2, 0.25) is 0 Å². The van der Waals surface area contributed by atoms with E-state index >= 15 is 0 Å². The van der Waals surface area contributed by atoms with Gasteiger partial charge in [0.1, 0.15) is 6.04 Å². The Kier molecular flexibility index (Phi) is 10.5. The molecule has 0 aliphatic heterocycles. The Morgan fingerprint density at radius 2 is 1.61 bits per heavy atom. The highest BCUT2D eigenvalue weighted by Crippen LogP contribution is 2.21. The van der Waals surface area contributed by atoms with Gasteiger partial charge in [-0.25, -0.2) is 8.42 Å². The third-order valence-electron chi connectivity index (χ3n) is 6.23. The number of benzene rings is 3. The van der Waals surface area contributed by atoms with Gasteiger partial charge in [0.2, 0.25) is 21.8 Å². The number of nitrogens with zero attached hydrogens (tertiary/aromatic N) is 2. The van der Waals surface area contributed by atoms with Crippen LogP contribution in [-0.2, 0) is 32.6 Å². The van der Waals surface area contributed by atoms with E-state index < -0.39 is 16.1 Å². The maximum absolute atomic E-state index is 13.7. The maximum atomic E-state index is 13.7. The highest BCUT2D eigenvalue weighted by Gasteiger charge is 2.30. The molecule has 0 heterocycles. The van der Waals surface area contributed by atoms with Crippen LogP contribution < -0.4 is 9.62 Å². The molecule has 0 saturated heterocycles. The Morgan fingerprint density at radius 3 is 2.21 bits per heavy atom. The summed E-state index contributed by atoms with van der Waals surface area (Å²) < 4.78 is 27.2. The van der Waals surface area contributed by atoms with Crippen LogP contribution in [0.3, 0.4) is 0 Å². The first-order valence-corrected chi connectivity index (χ1v) is 15.1. The fraction of sp³-hybridized carbons (Fsp3) is 0.310. The monoisotopic (exact) mass is 599 g/mol. The quantitative estimate of drug-likeness (QED) is 0.327. The fourth-order valence-electron chi connectivity index (χ4n) is 4.27. The smallest absolute Gasteiger partial charge is 0.242 e. The number of likely N-dealkylation sites (N-methyl/N-ethyl adjacent to an activating group) is 1. The second-order valence-corrected chi connectivity index (χ2v) is 12.1. The molecule has 0 fully saturated rings. The summed E-state index contributed by atoms with van der Waals surface area (Å²) in [5.41, 5.74) is 3.41. The summed E-state index contributed by atoms with van der Waals surface area (Å²) in [6.45, 7) is 2.34. The summed E-state index contributed by atoms with van der Waals surface area (Å²) >= 11 is 3.48. The zero-order valence-corrected chi connectivity index (χ0v) is 24.3. The molecule has 3 aromatic rings. The molecular formula is C29H34BrN3O4S. The van der Waals surface area contributed by atoms with E-state index in [2.05, 4.69) is 21.2 Å². The highest BCUT2D eigenvalue weighted by molar-refractivity contribution is 9.10. The summed E-state index contributed by atoms with van der Waals surface area (Å²) in [5.74, 6) is -0.471. The standard InChI is InChI=1S/C29H34BrN3O4S/c1-22-14-16-26(17-15-22)33(38(3,36)37)18-8-13-28(34)32(21-24-11-7-12-25(30)19-24)27(29(35)31-2)20-23-9-5-4-6-10-23/h4-7,9-12,14-17,19,27H,8,13,18,20-21H2,1-3H3,(H,31,35)/t27-/m1/s1. The zero-order valence-electron chi connectivity index (χ0n) is 21.9. The van der Waals surface area contributed by atoms with Crippen LogP contribution in [0.5, 0.6) is 0 Å². The van der Waals surface area contributed by atoms with Gasteiger partial charge in [-0.2, -0.15) is 0 Å². The average molecular weight is 601 g/mol. The van der Waals surface area contributed by atoms with Crippen molar-refractivity contribution in [2.45, 2.75) is 38.8 Å². The van der Waals surface area contributed by atoms with E-state index in [0.717, 1.165) is 27.4 Å². The molecule has 1 atom stereocenters. The van der Waals surface area contributed by atoms with Crippen LogP contribution >= 0.6 is 15.9 Å². The van der Waals surface area contributed by atoms with Crippen molar-refractivity contribution in [1.82, 2.24) is 10.2 Å². The van der Waals surface area contributed by atoms with Crippen LogP contribution in [-0.4, -0.2) is 51.0 Å². The molecule has 0 bridgehead atoms. The Morgan fingerprint density at radius 1 is 0.947 bits per heavy atom. The van der Waals surface area contributed by atoms with Gasteiger partial charge in [-0.1, -0.05) is 76.1 Å². The minimum atomic E-state index is -3.54. The van der Waals surface area contributed by atoms with Gasteiger partial charge in [-0.3, -0.25) is 13.9 Å². The summed E-state index contributed by atoms with van der Waals surface area (Å²) in [6.07, 6.45) is 1.92. The van der Waals surface area contributed by atoms with E-state index in [1.807, 2.05) is 73.7 Å². The molecule has 3 aromatic carbocycles. The molecule has 0 aliphatic carbocycles. The number of anilines is 1. The number of nitrogens with one attached hydrogen (secondary N) is 1. The van der Waals surface area contributed by atoms with Gasteiger partial charge in [0, 0.05) is 37.5 Å². The van der Waals surface area contributed by atoms with E-state index in [1.54, 1.807) is 24.1 Å². The Hall–Kier alpha value is -3.17. The van der Waals surface area contributed by atoms with Crippen molar-refractivity contribution in [2.24, 2.45) is 0 Å². The van der Waals surface area contributed by atoms with Crippen LogP contribution in [0.25, 0.3) is 0 Å². The van der Waals surface area contributed by atoms with Gasteiger partial charge in [-0.05, 0) is 48.7 Å². The second-order valence-electron chi connectivity index (χ2n) is 9.25. The van der Waals surface area contributed by atoms with Gasteiger partial charge in [0.05, 0.1) is 11.9 Å². The normalized spacial score (nSPS) is 12.0. The van der Waals surface area contributed by atoms with E-state index in [1.165, 1.54) is 4.31 Å². The molecule has 3 rings (SSSR count). The largest absolute Gasteiger partial charge is 0.357 e. The molecule has 0 radical (unpaired) electrons. The van der Waals surface area contributed by atoms with E-state index in [0.29, 0.717) is 18.5 Å². The molecule has 7 nitrogen and oxygen atoms in total. The summed E-state index contributed by atoms with van der Waals surface area (Å²) in [4.78, 5) is 28.3.